The summed E-state index contributed by atoms with van der Waals surface area (Å²) in [7, 11) is 0. The van der Waals surface area contributed by atoms with Crippen molar-refractivity contribution in [1.29, 1.82) is 0 Å². The van der Waals surface area contributed by atoms with E-state index >= 15 is 0 Å². The molecule has 3 heteroatoms. The Morgan fingerprint density at radius 1 is 1.24 bits per heavy atom. The van der Waals surface area contributed by atoms with Gasteiger partial charge in [-0.2, -0.15) is 0 Å². The van der Waals surface area contributed by atoms with Crippen LogP contribution in [0.3, 0.4) is 0 Å². The fourth-order valence-corrected chi connectivity index (χ4v) is 3.60. The van der Waals surface area contributed by atoms with Gasteiger partial charge in [-0.15, -0.1) is 11.3 Å². The Kier molecular flexibility index (Phi) is 5.46. The van der Waals surface area contributed by atoms with Crippen LogP contribution in [-0.2, 0) is 6.54 Å². The lowest BCUT2D eigenvalue weighted by molar-refractivity contribution is 0.454. The fraction of sp³-hybridized carbons (Fsp3) is 0.786. The maximum atomic E-state index is 4.64. The normalized spacial score (nSPS) is 18.9. The summed E-state index contributed by atoms with van der Waals surface area (Å²) in [6.45, 7) is 4.17. The quantitative estimate of drug-likeness (QED) is 0.873. The van der Waals surface area contributed by atoms with Gasteiger partial charge in [0, 0.05) is 23.5 Å². The first-order chi connectivity index (χ1) is 8.40. The molecule has 1 aromatic rings. The van der Waals surface area contributed by atoms with E-state index in [1.807, 2.05) is 11.3 Å². The summed E-state index contributed by atoms with van der Waals surface area (Å²) < 4.78 is 0. The molecule has 1 aliphatic rings. The van der Waals surface area contributed by atoms with Gasteiger partial charge < -0.3 is 5.32 Å². The Labute approximate surface area is 109 Å². The molecule has 0 saturated heterocycles. The van der Waals surface area contributed by atoms with Gasteiger partial charge in [-0.3, -0.25) is 0 Å². The van der Waals surface area contributed by atoms with Crippen LogP contribution in [0.1, 0.15) is 67.7 Å². The highest BCUT2D eigenvalue weighted by Gasteiger charge is 2.16. The highest BCUT2D eigenvalue weighted by Crippen LogP contribution is 2.33. The Hall–Kier alpha value is -0.410. The van der Waals surface area contributed by atoms with Crippen molar-refractivity contribution >= 4 is 11.3 Å². The van der Waals surface area contributed by atoms with Crippen LogP contribution in [0.5, 0.6) is 0 Å². The third-order valence-corrected chi connectivity index (χ3v) is 4.73. The standard InChI is InChI=1S/C14H24N2S/c1-2-15-10-13-11-16-14(17-13)12-8-6-4-3-5-7-9-12/h11-12,15H,2-10H2,1H3. The van der Waals surface area contributed by atoms with E-state index in [0.717, 1.165) is 19.0 Å². The predicted molar refractivity (Wildman–Crippen MR) is 74.6 cm³/mol. The van der Waals surface area contributed by atoms with Crippen molar-refractivity contribution in [3.8, 4) is 0 Å². The van der Waals surface area contributed by atoms with Crippen molar-refractivity contribution in [2.75, 3.05) is 6.54 Å². The smallest absolute Gasteiger partial charge is 0.0959 e. The van der Waals surface area contributed by atoms with Crippen molar-refractivity contribution < 1.29 is 0 Å². The zero-order chi connectivity index (χ0) is 11.9. The monoisotopic (exact) mass is 252 g/mol. The summed E-state index contributed by atoms with van der Waals surface area (Å²) in [4.78, 5) is 6.04. The van der Waals surface area contributed by atoms with Gasteiger partial charge in [-0.05, 0) is 19.4 Å². The zero-order valence-corrected chi connectivity index (χ0v) is 11.7. The van der Waals surface area contributed by atoms with Gasteiger partial charge in [-0.1, -0.05) is 39.0 Å². The minimum Gasteiger partial charge on any atom is -0.312 e. The lowest BCUT2D eigenvalue weighted by Crippen LogP contribution is -2.10. The number of hydrogen-bond donors (Lipinski definition) is 1. The molecule has 17 heavy (non-hydrogen) atoms. The van der Waals surface area contributed by atoms with Crippen LogP contribution in [-0.4, -0.2) is 11.5 Å². The summed E-state index contributed by atoms with van der Waals surface area (Å²) in [5.41, 5.74) is 0. The molecule has 1 fully saturated rings. The Balaban J connectivity index is 1.92. The van der Waals surface area contributed by atoms with Crippen LogP contribution in [0.25, 0.3) is 0 Å². The molecule has 0 spiro atoms. The number of thiazole rings is 1. The van der Waals surface area contributed by atoms with Gasteiger partial charge in [0.2, 0.25) is 0 Å². The van der Waals surface area contributed by atoms with Crippen LogP contribution in [0.2, 0.25) is 0 Å². The lowest BCUT2D eigenvalue weighted by atomic mass is 9.92. The third kappa shape index (κ3) is 4.07. The van der Waals surface area contributed by atoms with Gasteiger partial charge in [0.05, 0.1) is 5.01 Å². The van der Waals surface area contributed by atoms with E-state index in [4.69, 9.17) is 0 Å². The van der Waals surface area contributed by atoms with Crippen LogP contribution < -0.4 is 5.32 Å². The highest BCUT2D eigenvalue weighted by molar-refractivity contribution is 7.11. The second-order valence-corrected chi connectivity index (χ2v) is 6.13. The topological polar surface area (TPSA) is 24.9 Å². The molecule has 0 unspecified atom stereocenters. The Morgan fingerprint density at radius 2 is 1.94 bits per heavy atom. The Bertz CT molecular complexity index is 314. The molecule has 0 aromatic carbocycles. The average molecular weight is 252 g/mol. The van der Waals surface area contributed by atoms with Crippen LogP contribution >= 0.6 is 11.3 Å². The summed E-state index contributed by atoms with van der Waals surface area (Å²) in [6.07, 6.45) is 11.9. The second kappa shape index (κ2) is 7.12. The fourth-order valence-electron chi connectivity index (χ4n) is 2.54. The van der Waals surface area contributed by atoms with Gasteiger partial charge in [0.1, 0.15) is 0 Å². The van der Waals surface area contributed by atoms with Crippen LogP contribution in [0, 0.1) is 0 Å². The maximum absolute atomic E-state index is 4.64. The summed E-state index contributed by atoms with van der Waals surface area (Å²) >= 11 is 1.92. The SMILES string of the molecule is CCNCc1cnc(C2CCCCCCC2)s1. The number of hydrogen-bond acceptors (Lipinski definition) is 3. The molecule has 96 valence electrons. The minimum atomic E-state index is 0.746. The second-order valence-electron chi connectivity index (χ2n) is 4.99. The molecule has 1 aliphatic carbocycles. The number of nitrogens with zero attached hydrogens (tertiary/aromatic N) is 1. The van der Waals surface area contributed by atoms with E-state index in [0.29, 0.717) is 0 Å². The first-order valence-corrected chi connectivity index (χ1v) is 7.87. The largest absolute Gasteiger partial charge is 0.312 e. The van der Waals surface area contributed by atoms with E-state index in [9.17, 15) is 0 Å². The molecule has 1 heterocycles. The van der Waals surface area contributed by atoms with Gasteiger partial charge >= 0.3 is 0 Å². The molecule has 2 rings (SSSR count). The highest BCUT2D eigenvalue weighted by atomic mass is 32.1. The van der Waals surface area contributed by atoms with Crippen molar-refractivity contribution in [3.63, 3.8) is 0 Å². The first kappa shape index (κ1) is 13.0. The molecule has 1 saturated carbocycles. The molecular formula is C14H24N2S. The first-order valence-electron chi connectivity index (χ1n) is 7.05. The summed E-state index contributed by atoms with van der Waals surface area (Å²) in [5, 5.41) is 4.76. The number of rotatable bonds is 4. The van der Waals surface area contributed by atoms with E-state index in [-0.39, 0.29) is 0 Å². The average Bonchev–Trinajstić information content (AvgIpc) is 2.74. The molecule has 0 amide bonds. The van der Waals surface area contributed by atoms with Crippen molar-refractivity contribution in [3.05, 3.63) is 16.1 Å². The van der Waals surface area contributed by atoms with E-state index in [1.54, 1.807) is 0 Å². The molecule has 0 aliphatic heterocycles. The lowest BCUT2D eigenvalue weighted by Gasteiger charge is -2.17. The summed E-state index contributed by atoms with van der Waals surface area (Å²) in [6, 6.07) is 0. The third-order valence-electron chi connectivity index (χ3n) is 3.58. The molecule has 1 aromatic heterocycles. The number of nitrogens with one attached hydrogen (secondary N) is 1. The molecule has 0 radical (unpaired) electrons. The number of aromatic nitrogens is 1. The molecule has 2 nitrogen and oxygen atoms in total. The maximum Gasteiger partial charge on any atom is 0.0959 e. The van der Waals surface area contributed by atoms with Crippen molar-refractivity contribution in [2.45, 2.75) is 64.3 Å². The molecule has 0 bridgehead atoms. The van der Waals surface area contributed by atoms with Crippen LogP contribution in [0.15, 0.2) is 6.20 Å². The predicted octanol–water partition coefficient (Wildman–Crippen LogP) is 4.08. The van der Waals surface area contributed by atoms with Crippen LogP contribution in [0.4, 0.5) is 0 Å². The summed E-state index contributed by atoms with van der Waals surface area (Å²) in [5.74, 6) is 0.746. The van der Waals surface area contributed by atoms with Gasteiger partial charge in [0.25, 0.3) is 0 Å². The van der Waals surface area contributed by atoms with Crippen molar-refractivity contribution in [2.24, 2.45) is 0 Å². The van der Waals surface area contributed by atoms with E-state index < -0.39 is 0 Å². The van der Waals surface area contributed by atoms with E-state index in [2.05, 4.69) is 23.4 Å². The molecule has 0 atom stereocenters. The minimum absolute atomic E-state index is 0.746. The van der Waals surface area contributed by atoms with Gasteiger partial charge in [-0.25, -0.2) is 4.98 Å². The molecule has 1 N–H and O–H groups in total. The van der Waals surface area contributed by atoms with E-state index in [1.165, 1.54) is 54.8 Å². The molecular weight excluding hydrogens is 228 g/mol. The van der Waals surface area contributed by atoms with Crippen molar-refractivity contribution in [1.82, 2.24) is 10.3 Å². The Morgan fingerprint density at radius 3 is 2.65 bits per heavy atom. The van der Waals surface area contributed by atoms with Gasteiger partial charge in [0.15, 0.2) is 0 Å². The zero-order valence-electron chi connectivity index (χ0n) is 10.9.